The minimum absolute atomic E-state index is 0.118. The van der Waals surface area contributed by atoms with E-state index in [1.54, 1.807) is 40.7 Å². The molecular weight excluding hydrogens is 456 g/mol. The molecule has 9 heteroatoms. The molecule has 1 aliphatic heterocycles. The van der Waals surface area contributed by atoms with Crippen molar-refractivity contribution >= 4 is 21.9 Å². The van der Waals surface area contributed by atoms with Crippen LogP contribution in [0.25, 0.3) is 0 Å². The summed E-state index contributed by atoms with van der Waals surface area (Å²) in [6.07, 6.45) is 4.65. The minimum atomic E-state index is -3.51. The first kappa shape index (κ1) is 25.7. The standard InChI is InChI=1S/C25H32N2O6S/c1-33-25(30)23(18-20-6-11-21(28)12-7-20)26-24(29)15-10-19-8-13-22(14-9-19)34(31,32)27-16-4-2-3-5-17-27/h6-9,11-14,23,28H,2-5,10,15-18H2,1H3,(H,26,29)/t23-/m1/s1. The van der Waals surface area contributed by atoms with Gasteiger partial charge in [-0.25, -0.2) is 13.2 Å². The van der Waals surface area contributed by atoms with Crippen LogP contribution in [0.4, 0.5) is 0 Å². The number of rotatable bonds is 9. The number of aromatic hydroxyl groups is 1. The van der Waals surface area contributed by atoms with Crippen molar-refractivity contribution in [1.82, 2.24) is 9.62 Å². The Morgan fingerprint density at radius 3 is 2.15 bits per heavy atom. The number of nitrogens with one attached hydrogen (secondary N) is 1. The van der Waals surface area contributed by atoms with E-state index in [0.717, 1.165) is 36.8 Å². The molecular formula is C25H32N2O6S. The maximum absolute atomic E-state index is 12.9. The van der Waals surface area contributed by atoms with Gasteiger partial charge < -0.3 is 15.2 Å². The fourth-order valence-electron chi connectivity index (χ4n) is 3.99. The number of sulfonamides is 1. The lowest BCUT2D eigenvalue weighted by atomic mass is 10.0. The number of amides is 1. The highest BCUT2D eigenvalue weighted by Gasteiger charge is 2.25. The zero-order valence-corrected chi connectivity index (χ0v) is 20.2. The molecule has 3 rings (SSSR count). The Morgan fingerprint density at radius 2 is 1.56 bits per heavy atom. The maximum Gasteiger partial charge on any atom is 0.328 e. The second-order valence-electron chi connectivity index (χ2n) is 8.48. The van der Waals surface area contributed by atoms with Gasteiger partial charge in [-0.3, -0.25) is 4.79 Å². The van der Waals surface area contributed by atoms with Crippen LogP contribution >= 0.6 is 0 Å². The molecule has 8 nitrogen and oxygen atoms in total. The van der Waals surface area contributed by atoms with Gasteiger partial charge in [0.15, 0.2) is 0 Å². The number of nitrogens with zero attached hydrogens (tertiary/aromatic N) is 1. The molecule has 34 heavy (non-hydrogen) atoms. The molecule has 1 fully saturated rings. The summed E-state index contributed by atoms with van der Waals surface area (Å²) < 4.78 is 32.2. The SMILES string of the molecule is COC(=O)[C@@H](Cc1ccc(O)cc1)NC(=O)CCc1ccc(S(=O)(=O)N2CCCCCC2)cc1. The molecule has 0 unspecified atom stereocenters. The van der Waals surface area contributed by atoms with E-state index >= 15 is 0 Å². The zero-order valence-electron chi connectivity index (χ0n) is 19.4. The van der Waals surface area contributed by atoms with Crippen LogP contribution in [0, 0.1) is 0 Å². The molecule has 2 aromatic rings. The third-order valence-electron chi connectivity index (χ3n) is 5.96. The Hall–Kier alpha value is -2.91. The molecule has 1 saturated heterocycles. The fraction of sp³-hybridized carbons (Fsp3) is 0.440. The number of esters is 1. The summed E-state index contributed by atoms with van der Waals surface area (Å²) in [5.41, 5.74) is 1.60. The van der Waals surface area contributed by atoms with Crippen molar-refractivity contribution in [2.45, 2.75) is 55.9 Å². The number of methoxy groups -OCH3 is 1. The topological polar surface area (TPSA) is 113 Å². The van der Waals surface area contributed by atoms with Gasteiger partial charge in [-0.2, -0.15) is 4.31 Å². The predicted molar refractivity (Wildman–Crippen MR) is 128 cm³/mol. The van der Waals surface area contributed by atoms with E-state index in [1.165, 1.54) is 19.2 Å². The number of benzene rings is 2. The van der Waals surface area contributed by atoms with Gasteiger partial charge in [0, 0.05) is 25.9 Å². The maximum atomic E-state index is 12.9. The first-order valence-corrected chi connectivity index (χ1v) is 13.0. The number of carbonyl (C=O) groups is 2. The Labute approximate surface area is 201 Å². The van der Waals surface area contributed by atoms with Gasteiger partial charge in [-0.1, -0.05) is 37.1 Å². The monoisotopic (exact) mass is 488 g/mol. The van der Waals surface area contributed by atoms with Crippen LogP contribution in [0.1, 0.15) is 43.2 Å². The summed E-state index contributed by atoms with van der Waals surface area (Å²) >= 11 is 0. The largest absolute Gasteiger partial charge is 0.508 e. The van der Waals surface area contributed by atoms with Gasteiger partial charge in [0.2, 0.25) is 15.9 Å². The van der Waals surface area contributed by atoms with E-state index in [9.17, 15) is 23.1 Å². The van der Waals surface area contributed by atoms with Crippen LogP contribution in [0.5, 0.6) is 5.75 Å². The Balaban J connectivity index is 1.56. The Bertz CT molecular complexity index is 1060. The van der Waals surface area contributed by atoms with E-state index in [4.69, 9.17) is 4.74 Å². The van der Waals surface area contributed by atoms with E-state index in [1.807, 2.05) is 0 Å². The molecule has 2 aromatic carbocycles. The van der Waals surface area contributed by atoms with E-state index in [0.29, 0.717) is 19.5 Å². The molecule has 1 atom stereocenters. The van der Waals surface area contributed by atoms with E-state index in [2.05, 4.69) is 5.32 Å². The number of hydrogen-bond donors (Lipinski definition) is 2. The summed E-state index contributed by atoms with van der Waals surface area (Å²) in [7, 11) is -2.24. The number of carbonyl (C=O) groups excluding carboxylic acids is 2. The molecule has 1 amide bonds. The highest BCUT2D eigenvalue weighted by Crippen LogP contribution is 2.21. The first-order chi connectivity index (χ1) is 16.3. The summed E-state index contributed by atoms with van der Waals surface area (Å²) in [5.74, 6) is -0.743. The molecule has 184 valence electrons. The normalized spacial score (nSPS) is 15.8. The number of phenolic OH excluding ortho intramolecular Hbond substituents is 1. The average molecular weight is 489 g/mol. The quantitative estimate of drug-likeness (QED) is 0.525. The Kier molecular flexibility index (Phi) is 9.06. The summed E-state index contributed by atoms with van der Waals surface area (Å²) in [4.78, 5) is 24.9. The number of hydrogen-bond acceptors (Lipinski definition) is 6. The van der Waals surface area contributed by atoms with Crippen molar-refractivity contribution in [3.63, 3.8) is 0 Å². The lowest BCUT2D eigenvalue weighted by Crippen LogP contribution is -2.43. The molecule has 0 bridgehead atoms. The molecule has 0 radical (unpaired) electrons. The lowest BCUT2D eigenvalue weighted by Gasteiger charge is -2.20. The molecule has 1 heterocycles. The first-order valence-electron chi connectivity index (χ1n) is 11.5. The molecule has 0 saturated carbocycles. The van der Waals surface area contributed by atoms with Crippen LogP contribution < -0.4 is 5.32 Å². The van der Waals surface area contributed by atoms with Gasteiger partial charge in [0.05, 0.1) is 12.0 Å². The van der Waals surface area contributed by atoms with Crippen molar-refractivity contribution in [2.75, 3.05) is 20.2 Å². The molecule has 0 spiro atoms. The fourth-order valence-corrected chi connectivity index (χ4v) is 5.50. The molecule has 1 aliphatic rings. The summed E-state index contributed by atoms with van der Waals surface area (Å²) in [5, 5.41) is 12.1. The van der Waals surface area contributed by atoms with Crippen molar-refractivity contribution in [3.05, 3.63) is 59.7 Å². The Morgan fingerprint density at radius 1 is 0.971 bits per heavy atom. The number of aryl methyl sites for hydroxylation is 1. The van der Waals surface area contributed by atoms with Crippen molar-refractivity contribution in [1.29, 1.82) is 0 Å². The van der Waals surface area contributed by atoms with Crippen LogP contribution in [-0.2, 0) is 37.2 Å². The predicted octanol–water partition coefficient (Wildman–Crippen LogP) is 2.79. The third kappa shape index (κ3) is 7.04. The molecule has 0 aromatic heterocycles. The van der Waals surface area contributed by atoms with Gasteiger partial charge in [-0.15, -0.1) is 0 Å². The van der Waals surface area contributed by atoms with Crippen molar-refractivity contribution in [2.24, 2.45) is 0 Å². The van der Waals surface area contributed by atoms with Gasteiger partial charge >= 0.3 is 5.97 Å². The lowest BCUT2D eigenvalue weighted by molar-refractivity contribution is -0.145. The van der Waals surface area contributed by atoms with Crippen LogP contribution in [0.3, 0.4) is 0 Å². The van der Waals surface area contributed by atoms with Crippen LogP contribution in [0.2, 0.25) is 0 Å². The highest BCUT2D eigenvalue weighted by molar-refractivity contribution is 7.89. The molecule has 2 N–H and O–H groups in total. The smallest absolute Gasteiger partial charge is 0.328 e. The second-order valence-corrected chi connectivity index (χ2v) is 10.4. The summed E-state index contributed by atoms with van der Waals surface area (Å²) in [6.45, 7) is 1.10. The third-order valence-corrected chi connectivity index (χ3v) is 7.88. The van der Waals surface area contributed by atoms with Crippen LogP contribution in [0.15, 0.2) is 53.4 Å². The average Bonchev–Trinajstić information content (AvgIpc) is 3.14. The van der Waals surface area contributed by atoms with Crippen molar-refractivity contribution < 1.29 is 27.9 Å². The zero-order chi connectivity index (χ0) is 24.6. The van der Waals surface area contributed by atoms with Gasteiger partial charge in [0.25, 0.3) is 0 Å². The highest BCUT2D eigenvalue weighted by atomic mass is 32.2. The van der Waals surface area contributed by atoms with Crippen LogP contribution in [-0.4, -0.2) is 55.9 Å². The molecule has 0 aliphatic carbocycles. The van der Waals surface area contributed by atoms with Crippen molar-refractivity contribution in [3.8, 4) is 5.75 Å². The number of ether oxygens (including phenoxy) is 1. The second kappa shape index (κ2) is 12.0. The van der Waals surface area contributed by atoms with Gasteiger partial charge in [-0.05, 0) is 54.7 Å². The number of phenols is 1. The van der Waals surface area contributed by atoms with Gasteiger partial charge in [0.1, 0.15) is 11.8 Å². The van der Waals surface area contributed by atoms with E-state index in [-0.39, 0.29) is 29.4 Å². The summed E-state index contributed by atoms with van der Waals surface area (Å²) in [6, 6.07) is 12.2. The minimum Gasteiger partial charge on any atom is -0.508 e. The van der Waals surface area contributed by atoms with E-state index < -0.39 is 22.0 Å².